The van der Waals surface area contributed by atoms with Crippen LogP contribution in [0.4, 0.5) is 0 Å². The minimum absolute atomic E-state index is 0.364. The predicted molar refractivity (Wildman–Crippen MR) is 76.1 cm³/mol. The number of benzene rings is 2. The second-order valence-corrected chi connectivity index (χ2v) is 4.59. The fourth-order valence-corrected chi connectivity index (χ4v) is 2.39. The lowest BCUT2D eigenvalue weighted by atomic mass is 10.0. The van der Waals surface area contributed by atoms with Crippen LogP contribution in [0.25, 0.3) is 21.7 Å². The van der Waals surface area contributed by atoms with Crippen molar-refractivity contribution in [3.05, 3.63) is 57.9 Å². The van der Waals surface area contributed by atoms with Gasteiger partial charge in [0.05, 0.1) is 18.1 Å². The molecular formula is C16H12O4. The summed E-state index contributed by atoms with van der Waals surface area (Å²) in [5.74, 6) is -0.418. The average Bonchev–Trinajstić information content (AvgIpc) is 2.46. The average molecular weight is 268 g/mol. The molecule has 1 heterocycles. The second-order valence-electron chi connectivity index (χ2n) is 4.59. The summed E-state index contributed by atoms with van der Waals surface area (Å²) in [7, 11) is 1.33. The number of rotatable bonds is 1. The molecule has 0 radical (unpaired) electrons. The summed E-state index contributed by atoms with van der Waals surface area (Å²) >= 11 is 0. The van der Waals surface area contributed by atoms with Gasteiger partial charge >= 0.3 is 11.6 Å². The molecule has 0 aliphatic carbocycles. The van der Waals surface area contributed by atoms with Crippen LogP contribution in [0.3, 0.4) is 0 Å². The third-order valence-electron chi connectivity index (χ3n) is 3.37. The summed E-state index contributed by atoms with van der Waals surface area (Å²) in [6.45, 7) is 1.86. The summed E-state index contributed by atoms with van der Waals surface area (Å²) in [5.41, 5.74) is 1.37. The van der Waals surface area contributed by atoms with Gasteiger partial charge in [0.1, 0.15) is 5.58 Å². The minimum atomic E-state index is -0.418. The zero-order chi connectivity index (χ0) is 14.3. The Labute approximate surface area is 114 Å². The fourth-order valence-electron chi connectivity index (χ4n) is 2.39. The van der Waals surface area contributed by atoms with Crippen molar-refractivity contribution in [2.45, 2.75) is 6.92 Å². The molecule has 3 rings (SSSR count). The van der Waals surface area contributed by atoms with Crippen molar-refractivity contribution in [1.82, 2.24) is 0 Å². The molecule has 0 fully saturated rings. The maximum absolute atomic E-state index is 12.0. The molecule has 0 bridgehead atoms. The van der Waals surface area contributed by atoms with Crippen LogP contribution in [0.1, 0.15) is 15.9 Å². The van der Waals surface area contributed by atoms with Gasteiger partial charge in [-0.1, -0.05) is 18.2 Å². The molecule has 0 saturated heterocycles. The van der Waals surface area contributed by atoms with Crippen molar-refractivity contribution >= 4 is 27.7 Å². The third kappa shape index (κ3) is 1.77. The molecule has 0 spiro atoms. The Morgan fingerprint density at radius 2 is 1.95 bits per heavy atom. The van der Waals surface area contributed by atoms with Crippen molar-refractivity contribution < 1.29 is 13.9 Å². The summed E-state index contributed by atoms with van der Waals surface area (Å²) in [5, 5.41) is 2.05. The molecule has 0 aliphatic heterocycles. The van der Waals surface area contributed by atoms with Gasteiger partial charge in [0.15, 0.2) is 0 Å². The summed E-state index contributed by atoms with van der Waals surface area (Å²) < 4.78 is 10.0. The van der Waals surface area contributed by atoms with Gasteiger partial charge in [0.25, 0.3) is 0 Å². The van der Waals surface area contributed by atoms with E-state index in [0.717, 1.165) is 16.3 Å². The van der Waals surface area contributed by atoms with Gasteiger partial charge in [0.2, 0.25) is 0 Å². The molecule has 4 nitrogen and oxygen atoms in total. The van der Waals surface area contributed by atoms with Crippen LogP contribution < -0.4 is 5.63 Å². The number of esters is 1. The van der Waals surface area contributed by atoms with Crippen molar-refractivity contribution in [3.8, 4) is 0 Å². The van der Waals surface area contributed by atoms with Crippen molar-refractivity contribution in [3.63, 3.8) is 0 Å². The number of hydrogen-bond acceptors (Lipinski definition) is 4. The number of methoxy groups -OCH3 is 1. The maximum atomic E-state index is 12.0. The first kappa shape index (κ1) is 12.4. The van der Waals surface area contributed by atoms with Gasteiger partial charge in [0, 0.05) is 10.8 Å². The van der Waals surface area contributed by atoms with Gasteiger partial charge in [-0.05, 0) is 30.7 Å². The van der Waals surface area contributed by atoms with Crippen LogP contribution in [0.2, 0.25) is 0 Å². The van der Waals surface area contributed by atoms with Gasteiger partial charge in [-0.2, -0.15) is 0 Å². The number of hydrogen-bond donors (Lipinski definition) is 0. The molecule has 4 heteroatoms. The van der Waals surface area contributed by atoms with Crippen LogP contribution in [0.15, 0.2) is 45.6 Å². The molecular weight excluding hydrogens is 256 g/mol. The van der Waals surface area contributed by atoms with Crippen LogP contribution >= 0.6 is 0 Å². The van der Waals surface area contributed by atoms with Crippen molar-refractivity contribution in [2.24, 2.45) is 0 Å². The largest absolute Gasteiger partial charge is 0.465 e. The highest BCUT2D eigenvalue weighted by atomic mass is 16.5. The molecule has 0 amide bonds. The molecule has 0 aliphatic rings. The van der Waals surface area contributed by atoms with Gasteiger partial charge in [-0.3, -0.25) is 0 Å². The standard InChI is InChI=1S/C16H12O4/c1-9-4-3-5-11-12-8-10(15(17)19-2)6-7-13(12)20-16(18)14(9)11/h3-8H,1-2H3. The van der Waals surface area contributed by atoms with E-state index in [1.54, 1.807) is 18.2 Å². The van der Waals surface area contributed by atoms with Crippen LogP contribution in [-0.4, -0.2) is 13.1 Å². The normalized spacial score (nSPS) is 10.9. The van der Waals surface area contributed by atoms with E-state index in [2.05, 4.69) is 0 Å². The highest BCUT2D eigenvalue weighted by Crippen LogP contribution is 2.25. The molecule has 1 aromatic heterocycles. The lowest BCUT2D eigenvalue weighted by molar-refractivity contribution is 0.0601. The van der Waals surface area contributed by atoms with Crippen LogP contribution in [-0.2, 0) is 4.74 Å². The first-order valence-electron chi connectivity index (χ1n) is 6.16. The smallest absolute Gasteiger partial charge is 0.344 e. The lowest BCUT2D eigenvalue weighted by Gasteiger charge is -2.06. The van der Waals surface area contributed by atoms with E-state index >= 15 is 0 Å². The van der Waals surface area contributed by atoms with E-state index in [1.807, 2.05) is 25.1 Å². The van der Waals surface area contributed by atoms with Gasteiger partial charge in [-0.25, -0.2) is 9.59 Å². The number of ether oxygens (including phenoxy) is 1. The highest BCUT2D eigenvalue weighted by Gasteiger charge is 2.12. The molecule has 0 atom stereocenters. The quantitative estimate of drug-likeness (QED) is 0.386. The first-order chi connectivity index (χ1) is 9.61. The molecule has 0 saturated carbocycles. The molecule has 3 aromatic rings. The zero-order valence-corrected chi connectivity index (χ0v) is 11.1. The predicted octanol–water partition coefficient (Wildman–Crippen LogP) is 3.04. The van der Waals surface area contributed by atoms with Crippen molar-refractivity contribution in [1.29, 1.82) is 0 Å². The Kier molecular flexibility index (Phi) is 2.79. The van der Waals surface area contributed by atoms with Gasteiger partial charge < -0.3 is 9.15 Å². The number of carbonyl (C=O) groups excluding carboxylic acids is 1. The molecule has 2 aromatic carbocycles. The minimum Gasteiger partial charge on any atom is -0.465 e. The van der Waals surface area contributed by atoms with Gasteiger partial charge in [-0.15, -0.1) is 0 Å². The van der Waals surface area contributed by atoms with E-state index in [9.17, 15) is 9.59 Å². The molecule has 0 unspecified atom stereocenters. The SMILES string of the molecule is COC(=O)c1ccc2oc(=O)c3c(C)cccc3c2c1. The molecule has 20 heavy (non-hydrogen) atoms. The fraction of sp³-hybridized carbons (Fsp3) is 0.125. The van der Waals surface area contributed by atoms with Crippen LogP contribution in [0, 0.1) is 6.92 Å². The highest BCUT2D eigenvalue weighted by molar-refractivity contribution is 6.07. The summed E-state index contributed by atoms with van der Waals surface area (Å²) in [6, 6.07) is 10.5. The Hall–Kier alpha value is -2.62. The Bertz CT molecular complexity index is 890. The maximum Gasteiger partial charge on any atom is 0.344 e. The van der Waals surface area contributed by atoms with E-state index in [-0.39, 0.29) is 5.63 Å². The van der Waals surface area contributed by atoms with E-state index < -0.39 is 5.97 Å². The Morgan fingerprint density at radius 3 is 2.70 bits per heavy atom. The van der Waals surface area contributed by atoms with Crippen LogP contribution in [0.5, 0.6) is 0 Å². The lowest BCUT2D eigenvalue weighted by Crippen LogP contribution is -2.04. The van der Waals surface area contributed by atoms with E-state index in [0.29, 0.717) is 16.5 Å². The van der Waals surface area contributed by atoms with Crippen molar-refractivity contribution in [2.75, 3.05) is 7.11 Å². The summed E-state index contributed by atoms with van der Waals surface area (Å²) in [4.78, 5) is 23.6. The molecule has 0 N–H and O–H groups in total. The van der Waals surface area contributed by atoms with E-state index in [4.69, 9.17) is 9.15 Å². The monoisotopic (exact) mass is 268 g/mol. The second kappa shape index (κ2) is 4.49. The number of fused-ring (bicyclic) bond motifs is 3. The third-order valence-corrected chi connectivity index (χ3v) is 3.37. The first-order valence-corrected chi connectivity index (χ1v) is 6.16. The van der Waals surface area contributed by atoms with E-state index in [1.165, 1.54) is 7.11 Å². The zero-order valence-electron chi connectivity index (χ0n) is 11.1. The Morgan fingerprint density at radius 1 is 1.15 bits per heavy atom. The number of aryl methyl sites for hydroxylation is 1. The topological polar surface area (TPSA) is 56.5 Å². The Balaban J connectivity index is 2.47. The molecule has 100 valence electrons. The number of carbonyl (C=O) groups is 1. The summed E-state index contributed by atoms with van der Waals surface area (Å²) in [6.07, 6.45) is 0.